The molecule has 0 aliphatic rings. The molecule has 0 aliphatic carbocycles. The summed E-state index contributed by atoms with van der Waals surface area (Å²) in [4.78, 5) is 11.4. The molecule has 0 bridgehead atoms. The van der Waals surface area contributed by atoms with Gasteiger partial charge in [0, 0.05) is 0 Å². The van der Waals surface area contributed by atoms with E-state index < -0.39 is 5.60 Å². The first-order valence-corrected chi connectivity index (χ1v) is 5.94. The summed E-state index contributed by atoms with van der Waals surface area (Å²) in [7, 11) is 0. The molecule has 1 N–H and O–H groups in total. The van der Waals surface area contributed by atoms with Gasteiger partial charge in [0.2, 0.25) is 0 Å². The molecule has 0 aliphatic heterocycles. The minimum Gasteiger partial charge on any atom is -0.459 e. The summed E-state index contributed by atoms with van der Waals surface area (Å²) in [6.45, 7) is 6.66. The average Bonchev–Trinajstić information content (AvgIpc) is 2.23. The highest BCUT2D eigenvalue weighted by molar-refractivity contribution is 5.85. The fourth-order valence-corrected chi connectivity index (χ4v) is 1.45. The van der Waals surface area contributed by atoms with Crippen LogP contribution < -0.4 is 5.32 Å². The van der Waals surface area contributed by atoms with Crippen molar-refractivity contribution in [3.05, 3.63) is 35.9 Å². The molecule has 3 nitrogen and oxygen atoms in total. The highest BCUT2D eigenvalue weighted by Crippen LogP contribution is 2.06. The Kier molecular flexibility index (Phi) is 7.64. The van der Waals surface area contributed by atoms with Crippen LogP contribution in [0.5, 0.6) is 0 Å². The summed E-state index contributed by atoms with van der Waals surface area (Å²) in [5.41, 5.74) is 0.863. The van der Waals surface area contributed by atoms with Crippen LogP contribution in [0.4, 0.5) is 0 Å². The third kappa shape index (κ3) is 8.09. The maximum atomic E-state index is 11.4. The number of benzene rings is 1. The van der Waals surface area contributed by atoms with Crippen LogP contribution in [0.3, 0.4) is 0 Å². The SMILES string of the molecule is CC(C)(C)OC(=O)CNCCc1ccccc1.Cl. The molecule has 1 aromatic rings. The smallest absolute Gasteiger partial charge is 0.320 e. The first-order chi connectivity index (χ1) is 7.97. The van der Waals surface area contributed by atoms with Crippen molar-refractivity contribution in [3.8, 4) is 0 Å². The molecule has 1 aromatic carbocycles. The molecule has 0 fully saturated rings. The van der Waals surface area contributed by atoms with Crippen molar-refractivity contribution in [2.45, 2.75) is 32.8 Å². The van der Waals surface area contributed by atoms with Crippen LogP contribution in [-0.4, -0.2) is 24.7 Å². The van der Waals surface area contributed by atoms with Gasteiger partial charge in [-0.15, -0.1) is 12.4 Å². The molecule has 0 radical (unpaired) electrons. The van der Waals surface area contributed by atoms with E-state index in [-0.39, 0.29) is 24.9 Å². The summed E-state index contributed by atoms with van der Waals surface area (Å²) in [6, 6.07) is 10.2. The quantitative estimate of drug-likeness (QED) is 0.661. The average molecular weight is 272 g/mol. The second kappa shape index (κ2) is 8.11. The first-order valence-electron chi connectivity index (χ1n) is 5.94. The van der Waals surface area contributed by atoms with Crippen molar-refractivity contribution >= 4 is 18.4 Å². The number of halogens is 1. The van der Waals surface area contributed by atoms with E-state index in [0.29, 0.717) is 0 Å². The van der Waals surface area contributed by atoms with Crippen LogP contribution in [-0.2, 0) is 16.0 Å². The zero-order chi connectivity index (χ0) is 12.7. The lowest BCUT2D eigenvalue weighted by Gasteiger charge is -2.19. The van der Waals surface area contributed by atoms with Crippen molar-refractivity contribution in [1.82, 2.24) is 5.32 Å². The Hall–Kier alpha value is -1.06. The Labute approximate surface area is 115 Å². The molecule has 102 valence electrons. The topological polar surface area (TPSA) is 38.3 Å². The van der Waals surface area contributed by atoms with Gasteiger partial charge in [0.1, 0.15) is 5.60 Å². The van der Waals surface area contributed by atoms with Crippen molar-refractivity contribution in [2.75, 3.05) is 13.1 Å². The monoisotopic (exact) mass is 271 g/mol. The number of carbonyl (C=O) groups is 1. The molecule has 0 spiro atoms. The van der Waals surface area contributed by atoms with Gasteiger partial charge in [-0.3, -0.25) is 4.79 Å². The van der Waals surface area contributed by atoms with Crippen LogP contribution >= 0.6 is 12.4 Å². The summed E-state index contributed by atoms with van der Waals surface area (Å²) < 4.78 is 5.19. The molecule has 4 heteroatoms. The Balaban J connectivity index is 0.00000289. The fraction of sp³-hybridized carbons (Fsp3) is 0.500. The molecule has 0 unspecified atom stereocenters. The van der Waals surface area contributed by atoms with Gasteiger partial charge in [-0.2, -0.15) is 0 Å². The molecule has 0 aromatic heterocycles. The second-order valence-electron chi connectivity index (χ2n) is 5.00. The number of esters is 1. The molecule has 1 rings (SSSR count). The molecular formula is C14H22ClNO2. The lowest BCUT2D eigenvalue weighted by Crippen LogP contribution is -2.32. The van der Waals surface area contributed by atoms with E-state index in [1.165, 1.54) is 5.56 Å². The maximum absolute atomic E-state index is 11.4. The molecule has 0 heterocycles. The lowest BCUT2D eigenvalue weighted by atomic mass is 10.1. The predicted octanol–water partition coefficient (Wildman–Crippen LogP) is 2.58. The normalized spacial score (nSPS) is 10.6. The lowest BCUT2D eigenvalue weighted by molar-refractivity contribution is -0.153. The van der Waals surface area contributed by atoms with Crippen molar-refractivity contribution in [1.29, 1.82) is 0 Å². The maximum Gasteiger partial charge on any atom is 0.320 e. The number of nitrogens with one attached hydrogen (secondary N) is 1. The number of carbonyl (C=O) groups excluding carboxylic acids is 1. The minimum absolute atomic E-state index is 0. The van der Waals surface area contributed by atoms with E-state index in [4.69, 9.17) is 4.74 Å². The molecular weight excluding hydrogens is 250 g/mol. The second-order valence-corrected chi connectivity index (χ2v) is 5.00. The Bertz CT molecular complexity index is 347. The van der Waals surface area contributed by atoms with Crippen molar-refractivity contribution in [3.63, 3.8) is 0 Å². The zero-order valence-corrected chi connectivity index (χ0v) is 12.0. The molecule has 0 amide bonds. The van der Waals surface area contributed by atoms with Crippen molar-refractivity contribution < 1.29 is 9.53 Å². The Morgan fingerprint density at radius 1 is 1.22 bits per heavy atom. The fourth-order valence-electron chi connectivity index (χ4n) is 1.45. The van der Waals surface area contributed by atoms with Gasteiger partial charge >= 0.3 is 5.97 Å². The number of rotatable bonds is 5. The van der Waals surface area contributed by atoms with E-state index in [1.807, 2.05) is 39.0 Å². The summed E-state index contributed by atoms with van der Waals surface area (Å²) in [6.07, 6.45) is 0.920. The highest BCUT2D eigenvalue weighted by Gasteiger charge is 2.15. The van der Waals surface area contributed by atoms with E-state index in [1.54, 1.807) is 0 Å². The van der Waals surface area contributed by atoms with Gasteiger partial charge in [-0.25, -0.2) is 0 Å². The van der Waals surface area contributed by atoms with Crippen LogP contribution in [0, 0.1) is 0 Å². The van der Waals surface area contributed by atoms with Gasteiger partial charge in [-0.1, -0.05) is 30.3 Å². The highest BCUT2D eigenvalue weighted by atomic mass is 35.5. The third-order valence-corrected chi connectivity index (χ3v) is 2.12. The van der Waals surface area contributed by atoms with Crippen LogP contribution in [0.25, 0.3) is 0 Å². The van der Waals surface area contributed by atoms with E-state index in [0.717, 1.165) is 13.0 Å². The number of hydrogen-bond donors (Lipinski definition) is 1. The number of hydrogen-bond acceptors (Lipinski definition) is 3. The molecule has 18 heavy (non-hydrogen) atoms. The van der Waals surface area contributed by atoms with E-state index in [2.05, 4.69) is 17.4 Å². The largest absolute Gasteiger partial charge is 0.459 e. The molecule has 0 saturated carbocycles. The van der Waals surface area contributed by atoms with Gasteiger partial charge in [0.15, 0.2) is 0 Å². The molecule has 0 saturated heterocycles. The van der Waals surface area contributed by atoms with Crippen LogP contribution in [0.15, 0.2) is 30.3 Å². The summed E-state index contributed by atoms with van der Waals surface area (Å²) in [5.74, 6) is -0.203. The Morgan fingerprint density at radius 3 is 2.39 bits per heavy atom. The van der Waals surface area contributed by atoms with Crippen LogP contribution in [0.2, 0.25) is 0 Å². The van der Waals surface area contributed by atoms with E-state index >= 15 is 0 Å². The zero-order valence-electron chi connectivity index (χ0n) is 11.2. The van der Waals surface area contributed by atoms with Gasteiger partial charge in [0.25, 0.3) is 0 Å². The summed E-state index contributed by atoms with van der Waals surface area (Å²) >= 11 is 0. The minimum atomic E-state index is -0.405. The van der Waals surface area contributed by atoms with Gasteiger partial charge < -0.3 is 10.1 Å². The Morgan fingerprint density at radius 2 is 1.83 bits per heavy atom. The predicted molar refractivity (Wildman–Crippen MR) is 76.1 cm³/mol. The van der Waals surface area contributed by atoms with Gasteiger partial charge in [-0.05, 0) is 39.3 Å². The van der Waals surface area contributed by atoms with Crippen LogP contribution in [0.1, 0.15) is 26.3 Å². The van der Waals surface area contributed by atoms with Crippen molar-refractivity contribution in [2.24, 2.45) is 0 Å². The standard InChI is InChI=1S/C14H21NO2.ClH/c1-14(2,3)17-13(16)11-15-10-9-12-7-5-4-6-8-12;/h4-8,15H,9-11H2,1-3H3;1H. The third-order valence-electron chi connectivity index (χ3n) is 2.12. The first kappa shape index (κ1) is 16.9. The molecule has 0 atom stereocenters. The summed E-state index contributed by atoms with van der Waals surface area (Å²) in [5, 5.41) is 3.08. The van der Waals surface area contributed by atoms with Gasteiger partial charge in [0.05, 0.1) is 6.54 Å². The number of ether oxygens (including phenoxy) is 1. The van der Waals surface area contributed by atoms with E-state index in [9.17, 15) is 4.79 Å².